The summed E-state index contributed by atoms with van der Waals surface area (Å²) in [7, 11) is 0. The molecule has 5 nitrogen and oxygen atoms in total. The molecule has 0 aromatic carbocycles. The smallest absolute Gasteiger partial charge is 0.337 e. The van der Waals surface area contributed by atoms with Gasteiger partial charge in [-0.05, 0) is 37.7 Å². The third-order valence-electron chi connectivity index (χ3n) is 5.94. The van der Waals surface area contributed by atoms with Gasteiger partial charge in [0.05, 0.1) is 16.3 Å². The first-order valence-corrected chi connectivity index (χ1v) is 11.0. The highest BCUT2D eigenvalue weighted by molar-refractivity contribution is 7.16. The number of rotatable bonds is 5. The van der Waals surface area contributed by atoms with Crippen molar-refractivity contribution < 1.29 is 9.90 Å². The molecule has 2 aliphatic rings. The van der Waals surface area contributed by atoms with Gasteiger partial charge in [-0.15, -0.1) is 11.3 Å². The number of carboxylic acid groups (broad SMARTS) is 1. The van der Waals surface area contributed by atoms with Crippen molar-refractivity contribution in [2.45, 2.75) is 64.2 Å². The van der Waals surface area contributed by atoms with Gasteiger partial charge in [0.2, 0.25) is 0 Å². The molecule has 0 saturated heterocycles. The zero-order valence-corrected chi connectivity index (χ0v) is 18.3. The van der Waals surface area contributed by atoms with E-state index in [1.54, 1.807) is 11.3 Å². The van der Waals surface area contributed by atoms with Crippen LogP contribution in [0.1, 0.15) is 74.3 Å². The molecule has 2 aromatic heterocycles. The van der Waals surface area contributed by atoms with Gasteiger partial charge in [0.1, 0.15) is 0 Å². The van der Waals surface area contributed by atoms with Crippen molar-refractivity contribution in [3.8, 4) is 0 Å². The number of hydrogen-bond donors (Lipinski definition) is 1. The van der Waals surface area contributed by atoms with Crippen molar-refractivity contribution in [2.75, 3.05) is 11.4 Å². The Morgan fingerprint density at radius 1 is 1.29 bits per heavy atom. The zero-order valence-electron chi connectivity index (χ0n) is 16.8. The second kappa shape index (κ2) is 6.70. The van der Waals surface area contributed by atoms with E-state index in [0.29, 0.717) is 16.8 Å². The Kier molecular flexibility index (Phi) is 4.70. The molecule has 2 heterocycles. The molecule has 0 unspecified atom stereocenters. The lowest BCUT2D eigenvalue weighted by atomic mass is 9.69. The fraction of sp³-hybridized carbons (Fsp3) is 0.571. The summed E-state index contributed by atoms with van der Waals surface area (Å²) in [5.41, 5.74) is 1.44. The number of pyridine rings is 1. The normalized spacial score (nSPS) is 19.9. The van der Waals surface area contributed by atoms with E-state index in [1.165, 1.54) is 35.7 Å². The SMILES string of the molecule is CC1(C)CCC(C)(C)c2sc(N(CC3CC3)c3ncc(C(=O)O)cc3Cl)nc21. The van der Waals surface area contributed by atoms with E-state index in [2.05, 4.69) is 37.6 Å². The second-order valence-corrected chi connectivity index (χ2v) is 10.7. The second-order valence-electron chi connectivity index (χ2n) is 9.33. The van der Waals surface area contributed by atoms with Crippen LogP contribution in [-0.2, 0) is 10.8 Å². The molecule has 28 heavy (non-hydrogen) atoms. The van der Waals surface area contributed by atoms with Crippen molar-refractivity contribution in [3.63, 3.8) is 0 Å². The number of carbonyl (C=O) groups is 1. The minimum absolute atomic E-state index is 0.0508. The van der Waals surface area contributed by atoms with Gasteiger partial charge < -0.3 is 10.0 Å². The van der Waals surface area contributed by atoms with Crippen molar-refractivity contribution in [1.82, 2.24) is 9.97 Å². The highest BCUT2D eigenvalue weighted by atomic mass is 35.5. The molecule has 0 radical (unpaired) electrons. The molecular formula is C21H26ClN3O2S. The van der Waals surface area contributed by atoms with Gasteiger partial charge in [0, 0.05) is 28.4 Å². The van der Waals surface area contributed by atoms with Gasteiger partial charge in [-0.1, -0.05) is 39.3 Å². The third kappa shape index (κ3) is 3.52. The summed E-state index contributed by atoms with van der Waals surface area (Å²) in [6.07, 6.45) is 6.03. The molecule has 1 fully saturated rings. The summed E-state index contributed by atoms with van der Waals surface area (Å²) in [6.45, 7) is 9.93. The van der Waals surface area contributed by atoms with Gasteiger partial charge in [0.15, 0.2) is 10.9 Å². The topological polar surface area (TPSA) is 66.3 Å². The van der Waals surface area contributed by atoms with E-state index < -0.39 is 5.97 Å². The van der Waals surface area contributed by atoms with E-state index >= 15 is 0 Å². The molecule has 1 N–H and O–H groups in total. The molecule has 4 rings (SSSR count). The molecule has 0 bridgehead atoms. The molecule has 2 aliphatic carbocycles. The van der Waals surface area contributed by atoms with Crippen LogP contribution in [-0.4, -0.2) is 27.6 Å². The molecule has 0 aliphatic heterocycles. The Labute approximate surface area is 174 Å². The quantitative estimate of drug-likeness (QED) is 0.664. The summed E-state index contributed by atoms with van der Waals surface area (Å²) in [5, 5.41) is 10.5. The molecule has 7 heteroatoms. The van der Waals surface area contributed by atoms with Crippen molar-refractivity contribution in [3.05, 3.63) is 33.4 Å². The molecule has 0 atom stereocenters. The predicted octanol–water partition coefficient (Wildman–Crippen LogP) is 5.79. The summed E-state index contributed by atoms with van der Waals surface area (Å²) in [5.74, 6) is 0.183. The Hall–Kier alpha value is -1.66. The first-order chi connectivity index (χ1) is 13.1. The van der Waals surface area contributed by atoms with E-state index in [-0.39, 0.29) is 16.4 Å². The van der Waals surface area contributed by atoms with Crippen molar-refractivity contribution in [2.24, 2.45) is 5.92 Å². The fourth-order valence-electron chi connectivity index (χ4n) is 3.76. The monoisotopic (exact) mass is 419 g/mol. The molecule has 2 aromatic rings. The lowest BCUT2D eigenvalue weighted by Gasteiger charge is -2.37. The minimum Gasteiger partial charge on any atom is -0.478 e. The van der Waals surface area contributed by atoms with Crippen LogP contribution < -0.4 is 4.90 Å². The van der Waals surface area contributed by atoms with Crippen LogP contribution >= 0.6 is 22.9 Å². The van der Waals surface area contributed by atoms with Gasteiger partial charge in [-0.3, -0.25) is 0 Å². The van der Waals surface area contributed by atoms with Gasteiger partial charge in [-0.25, -0.2) is 14.8 Å². The summed E-state index contributed by atoms with van der Waals surface area (Å²) < 4.78 is 0. The maximum Gasteiger partial charge on any atom is 0.337 e. The number of halogens is 1. The average molecular weight is 420 g/mol. The lowest BCUT2D eigenvalue weighted by Crippen LogP contribution is -2.32. The predicted molar refractivity (Wildman–Crippen MR) is 113 cm³/mol. The van der Waals surface area contributed by atoms with Crippen LogP contribution in [0.2, 0.25) is 5.02 Å². The number of thiazole rings is 1. The van der Waals surface area contributed by atoms with E-state index in [9.17, 15) is 9.90 Å². The van der Waals surface area contributed by atoms with Crippen LogP contribution in [0, 0.1) is 5.92 Å². The maximum absolute atomic E-state index is 11.2. The molecular weight excluding hydrogens is 394 g/mol. The van der Waals surface area contributed by atoms with Crippen molar-refractivity contribution in [1.29, 1.82) is 0 Å². The minimum atomic E-state index is -1.03. The first kappa shape index (κ1) is 19.6. The van der Waals surface area contributed by atoms with Crippen LogP contribution in [0.3, 0.4) is 0 Å². The van der Waals surface area contributed by atoms with Crippen LogP contribution in [0.4, 0.5) is 10.9 Å². The number of aromatic carboxylic acids is 1. The molecule has 0 spiro atoms. The Bertz CT molecular complexity index is 900. The molecule has 150 valence electrons. The van der Waals surface area contributed by atoms with E-state index in [0.717, 1.165) is 24.5 Å². The number of nitrogens with zero attached hydrogens (tertiary/aromatic N) is 3. The number of fused-ring (bicyclic) bond motifs is 1. The molecule has 0 amide bonds. The van der Waals surface area contributed by atoms with Crippen molar-refractivity contribution >= 4 is 39.9 Å². The van der Waals surface area contributed by atoms with Gasteiger partial charge >= 0.3 is 5.97 Å². The highest BCUT2D eigenvalue weighted by Crippen LogP contribution is 2.50. The van der Waals surface area contributed by atoms with E-state index in [4.69, 9.17) is 16.6 Å². The zero-order chi connectivity index (χ0) is 20.3. The summed E-state index contributed by atoms with van der Waals surface area (Å²) >= 11 is 8.21. The third-order valence-corrected chi connectivity index (χ3v) is 7.66. The Balaban J connectivity index is 1.80. The van der Waals surface area contributed by atoms with Gasteiger partial charge in [-0.2, -0.15) is 0 Å². The molecule has 1 saturated carbocycles. The van der Waals surface area contributed by atoms with Crippen LogP contribution in [0.25, 0.3) is 0 Å². The van der Waals surface area contributed by atoms with E-state index in [1.807, 2.05) is 0 Å². The summed E-state index contributed by atoms with van der Waals surface area (Å²) in [4.78, 5) is 24.2. The van der Waals surface area contributed by atoms with Gasteiger partial charge in [0.25, 0.3) is 0 Å². The standard InChI is InChI=1S/C21H26ClN3O2S/c1-20(2)7-8-21(3,4)16-15(20)24-19(28-16)25(11-12-5-6-12)17-14(22)9-13(10-23-17)18(26)27/h9-10,12H,5-8,11H2,1-4H3,(H,26,27). The number of hydrogen-bond acceptors (Lipinski definition) is 5. The number of anilines is 2. The number of aromatic nitrogens is 2. The highest BCUT2D eigenvalue weighted by Gasteiger charge is 2.41. The fourth-order valence-corrected chi connectivity index (χ4v) is 5.41. The lowest BCUT2D eigenvalue weighted by molar-refractivity contribution is 0.0696. The first-order valence-electron chi connectivity index (χ1n) is 9.77. The Morgan fingerprint density at radius 3 is 2.54 bits per heavy atom. The van der Waals surface area contributed by atoms with Crippen LogP contribution in [0.5, 0.6) is 0 Å². The largest absolute Gasteiger partial charge is 0.478 e. The Morgan fingerprint density at radius 2 is 1.96 bits per heavy atom. The van der Waals surface area contributed by atoms with Crippen LogP contribution in [0.15, 0.2) is 12.3 Å². The average Bonchev–Trinajstić information content (AvgIpc) is 3.31. The summed E-state index contributed by atoms with van der Waals surface area (Å²) in [6, 6.07) is 1.48. The maximum atomic E-state index is 11.2. The number of carboxylic acids is 1.